The minimum atomic E-state index is -0.493. The zero-order valence-corrected chi connectivity index (χ0v) is 14.6. The van der Waals surface area contributed by atoms with Crippen LogP contribution in [0.1, 0.15) is 46.1 Å². The number of para-hydroxylation sites is 1. The summed E-state index contributed by atoms with van der Waals surface area (Å²) in [6, 6.07) is 7.83. The molecule has 2 N–H and O–H groups in total. The fourth-order valence-corrected chi connectivity index (χ4v) is 2.19. The number of nitrogens with one attached hydrogen (secondary N) is 1. The predicted octanol–water partition coefficient (Wildman–Crippen LogP) is 3.29. The zero-order chi connectivity index (χ0) is 17.3. The molecule has 5 heteroatoms. The van der Waals surface area contributed by atoms with E-state index in [1.54, 1.807) is 0 Å². The highest BCUT2D eigenvalue weighted by Gasteiger charge is 2.19. The number of rotatable bonds is 8. The normalized spacial score (nSPS) is 12.6. The molecule has 1 atom stereocenters. The molecular weight excluding hydrogens is 294 g/mol. The number of hydrogen-bond donors (Lipinski definition) is 2. The Bertz CT molecular complexity index is 482. The van der Waals surface area contributed by atoms with Gasteiger partial charge < -0.3 is 19.9 Å². The van der Waals surface area contributed by atoms with Crippen LogP contribution in [0.2, 0.25) is 0 Å². The maximum Gasteiger partial charge on any atom is 0.407 e. The average Bonchev–Trinajstić information content (AvgIpc) is 2.48. The van der Waals surface area contributed by atoms with Crippen LogP contribution in [0.25, 0.3) is 0 Å². The highest BCUT2D eigenvalue weighted by Crippen LogP contribution is 2.20. The number of carbonyl (C=O) groups excluding carboxylic acids is 1. The van der Waals surface area contributed by atoms with Gasteiger partial charge in [-0.15, -0.1) is 0 Å². The van der Waals surface area contributed by atoms with E-state index in [9.17, 15) is 4.79 Å². The summed E-state index contributed by atoms with van der Waals surface area (Å²) in [7, 11) is 0. The molecule has 1 aromatic rings. The summed E-state index contributed by atoms with van der Waals surface area (Å²) in [6.07, 6.45) is 2.04. The van der Waals surface area contributed by atoms with E-state index in [1.165, 1.54) is 0 Å². The lowest BCUT2D eigenvalue weighted by molar-refractivity contribution is 0.0500. The number of aliphatic hydroxyl groups excluding tert-OH is 1. The summed E-state index contributed by atoms with van der Waals surface area (Å²) in [4.78, 5) is 11.9. The minimum Gasteiger partial charge on any atom is -0.491 e. The number of carbonyl (C=O) groups is 1. The highest BCUT2D eigenvalue weighted by atomic mass is 16.6. The Hall–Kier alpha value is -1.75. The van der Waals surface area contributed by atoms with E-state index in [1.807, 2.05) is 52.0 Å². The van der Waals surface area contributed by atoms with Crippen LogP contribution < -0.4 is 10.1 Å². The van der Waals surface area contributed by atoms with Crippen molar-refractivity contribution >= 4 is 6.09 Å². The number of ether oxygens (including phenoxy) is 2. The van der Waals surface area contributed by atoms with Gasteiger partial charge in [0.1, 0.15) is 18.0 Å². The molecule has 1 amide bonds. The summed E-state index contributed by atoms with van der Waals surface area (Å²) < 4.78 is 10.8. The second-order valence-corrected chi connectivity index (χ2v) is 6.47. The third-order valence-electron chi connectivity index (χ3n) is 3.30. The Kier molecular flexibility index (Phi) is 7.89. The van der Waals surface area contributed by atoms with E-state index in [-0.39, 0.29) is 25.3 Å². The third-order valence-corrected chi connectivity index (χ3v) is 3.30. The van der Waals surface area contributed by atoms with Crippen molar-refractivity contribution < 1.29 is 19.4 Å². The molecule has 0 unspecified atom stereocenters. The van der Waals surface area contributed by atoms with Gasteiger partial charge in [0, 0.05) is 6.04 Å². The Balaban J connectivity index is 2.56. The molecule has 5 nitrogen and oxygen atoms in total. The van der Waals surface area contributed by atoms with Crippen molar-refractivity contribution in [2.24, 2.45) is 0 Å². The standard InChI is InChI=1S/C18H29NO4/c1-5-15(19-17(21)23-18(2,3)4)11-10-14-8-6-7-9-16(14)22-13-12-20/h6-9,15,20H,5,10-13H2,1-4H3,(H,19,21)/t15-/m1/s1. The molecule has 1 aromatic carbocycles. The molecular formula is C18H29NO4. The first-order valence-corrected chi connectivity index (χ1v) is 8.16. The van der Waals surface area contributed by atoms with Crippen molar-refractivity contribution in [2.45, 2.75) is 58.6 Å². The smallest absolute Gasteiger partial charge is 0.407 e. The molecule has 130 valence electrons. The van der Waals surface area contributed by atoms with Crippen LogP contribution in [0.15, 0.2) is 24.3 Å². The van der Waals surface area contributed by atoms with Crippen LogP contribution in [-0.4, -0.2) is 36.1 Å². The van der Waals surface area contributed by atoms with E-state index >= 15 is 0 Å². The van der Waals surface area contributed by atoms with Gasteiger partial charge in [0.05, 0.1) is 6.61 Å². The van der Waals surface area contributed by atoms with E-state index in [0.717, 1.165) is 30.6 Å². The lowest BCUT2D eigenvalue weighted by Crippen LogP contribution is -2.39. The van der Waals surface area contributed by atoms with E-state index in [4.69, 9.17) is 14.6 Å². The van der Waals surface area contributed by atoms with Crippen molar-refractivity contribution in [3.8, 4) is 5.75 Å². The molecule has 0 saturated carbocycles. The van der Waals surface area contributed by atoms with Gasteiger partial charge in [0.2, 0.25) is 0 Å². The molecule has 1 rings (SSSR count). The molecule has 0 bridgehead atoms. The number of alkyl carbamates (subject to hydrolysis) is 1. The van der Waals surface area contributed by atoms with Crippen LogP contribution in [0.4, 0.5) is 4.79 Å². The van der Waals surface area contributed by atoms with Crippen LogP contribution in [0.5, 0.6) is 5.75 Å². The van der Waals surface area contributed by atoms with Crippen LogP contribution in [0, 0.1) is 0 Å². The molecule has 0 aliphatic rings. The van der Waals surface area contributed by atoms with Gasteiger partial charge in [-0.1, -0.05) is 25.1 Å². The van der Waals surface area contributed by atoms with Crippen molar-refractivity contribution in [3.63, 3.8) is 0 Å². The van der Waals surface area contributed by atoms with Gasteiger partial charge in [0.15, 0.2) is 0 Å². The second kappa shape index (κ2) is 9.40. The molecule has 0 saturated heterocycles. The zero-order valence-electron chi connectivity index (χ0n) is 14.6. The van der Waals surface area contributed by atoms with Gasteiger partial charge in [0.25, 0.3) is 0 Å². The quantitative estimate of drug-likeness (QED) is 0.770. The summed E-state index contributed by atoms with van der Waals surface area (Å²) in [5.74, 6) is 0.786. The fraction of sp³-hybridized carbons (Fsp3) is 0.611. The highest BCUT2D eigenvalue weighted by molar-refractivity contribution is 5.68. The lowest BCUT2D eigenvalue weighted by Gasteiger charge is -2.23. The van der Waals surface area contributed by atoms with Crippen molar-refractivity contribution in [3.05, 3.63) is 29.8 Å². The average molecular weight is 323 g/mol. The first-order valence-electron chi connectivity index (χ1n) is 8.16. The Morgan fingerprint density at radius 2 is 2.00 bits per heavy atom. The molecule has 0 aromatic heterocycles. The fourth-order valence-electron chi connectivity index (χ4n) is 2.19. The number of amides is 1. The van der Waals surface area contributed by atoms with E-state index in [2.05, 4.69) is 5.32 Å². The Morgan fingerprint density at radius 1 is 1.30 bits per heavy atom. The summed E-state index contributed by atoms with van der Waals surface area (Å²) in [5.41, 5.74) is 0.581. The van der Waals surface area contributed by atoms with E-state index < -0.39 is 5.60 Å². The van der Waals surface area contributed by atoms with Gasteiger partial charge in [-0.05, 0) is 51.7 Å². The summed E-state index contributed by atoms with van der Waals surface area (Å²) in [6.45, 7) is 7.86. The molecule has 0 spiro atoms. The minimum absolute atomic E-state index is 0.00782. The number of aliphatic hydroxyl groups is 1. The monoisotopic (exact) mass is 323 g/mol. The lowest BCUT2D eigenvalue weighted by atomic mass is 10.0. The second-order valence-electron chi connectivity index (χ2n) is 6.47. The largest absolute Gasteiger partial charge is 0.491 e. The van der Waals surface area contributed by atoms with Crippen LogP contribution >= 0.6 is 0 Å². The predicted molar refractivity (Wildman–Crippen MR) is 90.8 cm³/mol. The molecule has 0 radical (unpaired) electrons. The van der Waals surface area contributed by atoms with Gasteiger partial charge in [-0.25, -0.2) is 4.79 Å². The molecule has 0 heterocycles. The number of benzene rings is 1. The topological polar surface area (TPSA) is 67.8 Å². The first kappa shape index (κ1) is 19.3. The van der Waals surface area contributed by atoms with Crippen molar-refractivity contribution in [1.82, 2.24) is 5.32 Å². The number of hydrogen-bond acceptors (Lipinski definition) is 4. The molecule has 23 heavy (non-hydrogen) atoms. The van der Waals surface area contributed by atoms with Gasteiger partial charge >= 0.3 is 6.09 Å². The molecule has 0 fully saturated rings. The van der Waals surface area contributed by atoms with E-state index in [0.29, 0.717) is 0 Å². The first-order chi connectivity index (χ1) is 10.9. The molecule has 0 aliphatic heterocycles. The maximum atomic E-state index is 11.9. The number of aryl methyl sites for hydroxylation is 1. The van der Waals surface area contributed by atoms with Crippen molar-refractivity contribution in [2.75, 3.05) is 13.2 Å². The van der Waals surface area contributed by atoms with Gasteiger partial charge in [-0.2, -0.15) is 0 Å². The van der Waals surface area contributed by atoms with Crippen LogP contribution in [0.3, 0.4) is 0 Å². The summed E-state index contributed by atoms with van der Waals surface area (Å²) >= 11 is 0. The van der Waals surface area contributed by atoms with Crippen LogP contribution in [-0.2, 0) is 11.2 Å². The molecule has 0 aliphatic carbocycles. The van der Waals surface area contributed by atoms with Gasteiger partial charge in [-0.3, -0.25) is 0 Å². The Morgan fingerprint density at radius 3 is 2.61 bits per heavy atom. The van der Waals surface area contributed by atoms with Crippen molar-refractivity contribution in [1.29, 1.82) is 0 Å². The third kappa shape index (κ3) is 7.88. The summed E-state index contributed by atoms with van der Waals surface area (Å²) in [5, 5.41) is 11.8. The Labute approximate surface area is 139 Å². The maximum absolute atomic E-state index is 11.9. The SMILES string of the molecule is CC[C@H](CCc1ccccc1OCCO)NC(=O)OC(C)(C)C.